The first-order valence-electron chi connectivity index (χ1n) is 8.62. The van der Waals surface area contributed by atoms with Gasteiger partial charge in [-0.15, -0.1) is 0 Å². The molecule has 134 valence electrons. The molecule has 0 atom stereocenters. The summed E-state index contributed by atoms with van der Waals surface area (Å²) in [5.74, 6) is 2.44. The van der Waals surface area contributed by atoms with Crippen molar-refractivity contribution in [1.82, 2.24) is 4.57 Å². The molecule has 0 N–H and O–H groups in total. The van der Waals surface area contributed by atoms with E-state index in [9.17, 15) is 4.79 Å². The molecule has 2 aromatic rings. The number of ether oxygens (including phenoxy) is 2. The van der Waals surface area contributed by atoms with E-state index in [-0.39, 0.29) is 5.43 Å². The lowest BCUT2D eigenvalue weighted by molar-refractivity contribution is 0.280. The van der Waals surface area contributed by atoms with E-state index < -0.39 is 0 Å². The summed E-state index contributed by atoms with van der Waals surface area (Å²) < 4.78 is 13.1. The number of hydrogen-bond acceptors (Lipinski definition) is 3. The first-order chi connectivity index (χ1) is 12.5. The van der Waals surface area contributed by atoms with Gasteiger partial charge in [-0.05, 0) is 56.4 Å². The van der Waals surface area contributed by atoms with Gasteiger partial charge in [0.15, 0.2) is 16.9 Å². The summed E-state index contributed by atoms with van der Waals surface area (Å²) in [5, 5.41) is 0. The Hall–Kier alpha value is -3.00. The average Bonchev–Trinajstić information content (AvgIpc) is 3.42. The smallest absolute Gasteiger partial charge is 0.235 e. The van der Waals surface area contributed by atoms with E-state index in [0.29, 0.717) is 29.8 Å². The monoisotopic (exact) mass is 350 g/mol. The van der Waals surface area contributed by atoms with Crippen molar-refractivity contribution in [3.8, 4) is 11.5 Å². The highest BCUT2D eigenvalue weighted by molar-refractivity contribution is 5.76. The Morgan fingerprint density at radius 2 is 1.92 bits per heavy atom. The van der Waals surface area contributed by atoms with E-state index in [1.54, 1.807) is 17.8 Å². The summed E-state index contributed by atoms with van der Waals surface area (Å²) in [6.45, 7) is 11.9. The summed E-state index contributed by atoms with van der Waals surface area (Å²) >= 11 is 0. The van der Waals surface area contributed by atoms with E-state index >= 15 is 0 Å². The van der Waals surface area contributed by atoms with Gasteiger partial charge in [-0.1, -0.05) is 12.6 Å². The number of methoxy groups -OCH3 is 1. The van der Waals surface area contributed by atoms with Crippen LogP contribution in [0.2, 0.25) is 0 Å². The van der Waals surface area contributed by atoms with E-state index in [4.69, 9.17) is 16.0 Å². The number of pyridine rings is 1. The molecule has 0 bridgehead atoms. The Bertz CT molecular complexity index is 920. The van der Waals surface area contributed by atoms with Crippen LogP contribution in [0.15, 0.2) is 35.1 Å². The fraction of sp³-hybridized carbons (Fsp3) is 0.333. The predicted octanol–water partition coefficient (Wildman–Crippen LogP) is 4.14. The quantitative estimate of drug-likeness (QED) is 0.736. The molecule has 5 nitrogen and oxygen atoms in total. The molecule has 0 aliphatic heterocycles. The van der Waals surface area contributed by atoms with E-state index in [0.717, 1.165) is 17.0 Å². The highest BCUT2D eigenvalue weighted by Gasteiger charge is 2.22. The van der Waals surface area contributed by atoms with Crippen molar-refractivity contribution in [2.24, 2.45) is 5.92 Å². The van der Waals surface area contributed by atoms with Crippen LogP contribution in [0.1, 0.15) is 29.8 Å². The Balaban J connectivity index is 1.97. The molecule has 0 amide bonds. The van der Waals surface area contributed by atoms with Crippen molar-refractivity contribution in [1.29, 1.82) is 0 Å². The number of benzene rings is 1. The Kier molecular flexibility index (Phi) is 5.13. The molecule has 1 aliphatic carbocycles. The molecular formula is C21H22N2O3. The van der Waals surface area contributed by atoms with Gasteiger partial charge < -0.3 is 14.3 Å². The van der Waals surface area contributed by atoms with Gasteiger partial charge in [0, 0.05) is 12.1 Å². The fourth-order valence-corrected chi connectivity index (χ4v) is 2.91. The fourth-order valence-electron chi connectivity index (χ4n) is 2.91. The summed E-state index contributed by atoms with van der Waals surface area (Å²) in [7, 11) is 1.62. The van der Waals surface area contributed by atoms with Crippen molar-refractivity contribution in [2.75, 3.05) is 13.7 Å². The van der Waals surface area contributed by atoms with Crippen molar-refractivity contribution < 1.29 is 9.47 Å². The van der Waals surface area contributed by atoms with Crippen LogP contribution in [-0.4, -0.2) is 18.3 Å². The minimum absolute atomic E-state index is 0.0548. The number of aryl methyl sites for hydroxylation is 2. The Morgan fingerprint density at radius 1 is 1.23 bits per heavy atom. The topological polar surface area (TPSA) is 44.8 Å². The van der Waals surface area contributed by atoms with Crippen molar-refractivity contribution in [3.05, 3.63) is 68.9 Å². The van der Waals surface area contributed by atoms with E-state index in [2.05, 4.69) is 4.85 Å². The highest BCUT2D eigenvalue weighted by atomic mass is 16.5. The van der Waals surface area contributed by atoms with Crippen LogP contribution in [0.5, 0.6) is 11.5 Å². The van der Waals surface area contributed by atoms with Crippen molar-refractivity contribution >= 4 is 11.9 Å². The SMILES string of the molecule is [C-]#[N+]/C(=C/c1ccc(OC)c(OCC2CC2)c1)n1c(C)cc(=O)cc1C. The van der Waals surface area contributed by atoms with Crippen LogP contribution in [0, 0.1) is 26.3 Å². The summed E-state index contributed by atoms with van der Waals surface area (Å²) in [5.41, 5.74) is 2.26. The molecule has 1 fully saturated rings. The lowest BCUT2D eigenvalue weighted by Crippen LogP contribution is -2.11. The molecule has 1 aliphatic rings. The molecule has 5 heteroatoms. The first kappa shape index (κ1) is 17.8. The van der Waals surface area contributed by atoms with E-state index in [1.807, 2.05) is 32.0 Å². The maximum absolute atomic E-state index is 11.6. The van der Waals surface area contributed by atoms with Gasteiger partial charge in [0.2, 0.25) is 5.82 Å². The van der Waals surface area contributed by atoms with Gasteiger partial charge in [-0.2, -0.15) is 0 Å². The van der Waals surface area contributed by atoms with Crippen LogP contribution in [0.3, 0.4) is 0 Å². The third-order valence-corrected chi connectivity index (χ3v) is 4.41. The minimum atomic E-state index is -0.0548. The molecule has 0 radical (unpaired) electrons. The molecule has 1 aromatic carbocycles. The highest BCUT2D eigenvalue weighted by Crippen LogP contribution is 2.34. The number of hydrogen-bond donors (Lipinski definition) is 0. The van der Waals surface area contributed by atoms with Gasteiger partial charge in [0.05, 0.1) is 25.1 Å². The van der Waals surface area contributed by atoms with Crippen LogP contribution in [0.4, 0.5) is 0 Å². The van der Waals surface area contributed by atoms with E-state index in [1.165, 1.54) is 25.0 Å². The maximum Gasteiger partial charge on any atom is 0.235 e. The minimum Gasteiger partial charge on any atom is -0.493 e. The van der Waals surface area contributed by atoms with Crippen molar-refractivity contribution in [3.63, 3.8) is 0 Å². The second-order valence-corrected chi connectivity index (χ2v) is 6.59. The lowest BCUT2D eigenvalue weighted by Gasteiger charge is -2.13. The van der Waals surface area contributed by atoms with Gasteiger partial charge in [-0.25, -0.2) is 0 Å². The summed E-state index contributed by atoms with van der Waals surface area (Å²) in [4.78, 5) is 15.3. The maximum atomic E-state index is 11.6. The van der Waals surface area contributed by atoms with Crippen LogP contribution in [-0.2, 0) is 0 Å². The molecule has 1 aromatic heterocycles. The predicted molar refractivity (Wildman–Crippen MR) is 102 cm³/mol. The summed E-state index contributed by atoms with van der Waals surface area (Å²) in [6, 6.07) is 8.69. The Labute approximate surface area is 153 Å². The third-order valence-electron chi connectivity index (χ3n) is 4.41. The Morgan fingerprint density at radius 3 is 2.50 bits per heavy atom. The molecule has 26 heavy (non-hydrogen) atoms. The van der Waals surface area contributed by atoms with Gasteiger partial charge in [0.25, 0.3) is 0 Å². The number of rotatable bonds is 6. The number of nitrogens with zero attached hydrogens (tertiary/aromatic N) is 2. The molecule has 1 heterocycles. The zero-order valence-electron chi connectivity index (χ0n) is 15.3. The van der Waals surface area contributed by atoms with Crippen molar-refractivity contribution in [2.45, 2.75) is 26.7 Å². The second kappa shape index (κ2) is 7.49. The molecule has 0 spiro atoms. The zero-order valence-corrected chi connectivity index (χ0v) is 15.3. The molecule has 3 rings (SSSR count). The van der Waals surface area contributed by atoms with Gasteiger partial charge in [0.1, 0.15) is 0 Å². The third kappa shape index (κ3) is 3.97. The lowest BCUT2D eigenvalue weighted by atomic mass is 10.2. The molecule has 0 unspecified atom stereocenters. The average molecular weight is 350 g/mol. The van der Waals surface area contributed by atoms with Crippen LogP contribution < -0.4 is 14.9 Å². The second-order valence-electron chi connectivity index (χ2n) is 6.59. The first-order valence-corrected chi connectivity index (χ1v) is 8.62. The number of aromatic nitrogens is 1. The van der Waals surface area contributed by atoms with Crippen LogP contribution in [0.25, 0.3) is 16.7 Å². The zero-order chi connectivity index (χ0) is 18.7. The van der Waals surface area contributed by atoms with Crippen LogP contribution >= 0.6 is 0 Å². The normalized spacial score (nSPS) is 14.0. The molecule has 1 saturated carbocycles. The largest absolute Gasteiger partial charge is 0.493 e. The van der Waals surface area contributed by atoms with Gasteiger partial charge >= 0.3 is 0 Å². The molecular weight excluding hydrogens is 328 g/mol. The summed E-state index contributed by atoms with van der Waals surface area (Å²) in [6.07, 6.45) is 4.23. The standard InChI is InChI=1S/C21H22N2O3/c1-14-9-18(24)10-15(2)23(14)21(22-3)12-17-7-8-19(25-4)20(11-17)26-13-16-5-6-16/h7-12,16H,5-6,13H2,1-2,4H3/b21-12-. The molecule has 0 saturated heterocycles. The van der Waals surface area contributed by atoms with Gasteiger partial charge in [-0.3, -0.25) is 9.36 Å².